The van der Waals surface area contributed by atoms with E-state index in [1.165, 1.54) is 5.56 Å². The maximum atomic E-state index is 10.6. The molecule has 2 aromatic rings. The minimum absolute atomic E-state index is 0.367. The number of rotatable bonds is 5. The average Bonchev–Trinajstić information content (AvgIpc) is 2.45. The Bertz CT molecular complexity index is 677. The molecule has 2 rings (SSSR count). The number of hydrogen-bond acceptors (Lipinski definition) is 3. The van der Waals surface area contributed by atoms with Crippen molar-refractivity contribution in [2.75, 3.05) is 6.61 Å². The zero-order valence-electron chi connectivity index (χ0n) is 12.0. The molecule has 108 valence electrons. The minimum Gasteiger partial charge on any atom is -0.481 e. The molecule has 0 saturated carbocycles. The number of carboxylic acids is 1. The van der Waals surface area contributed by atoms with Crippen LogP contribution >= 0.6 is 0 Å². The first kappa shape index (κ1) is 14.8. The smallest absolute Gasteiger partial charge is 0.341 e. The van der Waals surface area contributed by atoms with Crippen LogP contribution in [0.25, 0.3) is 0 Å². The van der Waals surface area contributed by atoms with Crippen LogP contribution in [0.15, 0.2) is 47.5 Å². The van der Waals surface area contributed by atoms with Gasteiger partial charge in [0.2, 0.25) is 0 Å². The van der Waals surface area contributed by atoms with E-state index in [-0.39, 0.29) is 6.61 Å². The van der Waals surface area contributed by atoms with Gasteiger partial charge in [0, 0.05) is 11.8 Å². The molecule has 4 heteroatoms. The molecule has 1 N–H and O–H groups in total. The van der Waals surface area contributed by atoms with Crippen LogP contribution in [0.5, 0.6) is 5.75 Å². The summed E-state index contributed by atoms with van der Waals surface area (Å²) < 4.78 is 5.25. The maximum Gasteiger partial charge on any atom is 0.341 e. The third-order valence-corrected chi connectivity index (χ3v) is 2.97. The van der Waals surface area contributed by atoms with Gasteiger partial charge in [0.05, 0.1) is 5.69 Å². The number of aliphatic carboxylic acids is 1. The molecular formula is C17H17NO3. The number of aryl methyl sites for hydroxylation is 2. The second kappa shape index (κ2) is 6.70. The molecule has 0 bridgehead atoms. The summed E-state index contributed by atoms with van der Waals surface area (Å²) in [6.45, 7) is 3.68. The van der Waals surface area contributed by atoms with E-state index in [0.29, 0.717) is 5.75 Å². The summed E-state index contributed by atoms with van der Waals surface area (Å²) >= 11 is 0. The molecule has 0 atom stereocenters. The molecule has 0 radical (unpaired) electrons. The molecule has 0 aliphatic heterocycles. The molecular weight excluding hydrogens is 266 g/mol. The van der Waals surface area contributed by atoms with Crippen molar-refractivity contribution >= 4 is 17.9 Å². The van der Waals surface area contributed by atoms with Crippen molar-refractivity contribution in [3.05, 3.63) is 59.2 Å². The summed E-state index contributed by atoms with van der Waals surface area (Å²) in [5, 5.41) is 8.68. The SMILES string of the molecule is Cc1ccc(N=Cc2ccccc2OCC(=O)O)c(C)c1. The van der Waals surface area contributed by atoms with E-state index in [1.807, 2.05) is 38.1 Å². The number of ether oxygens (including phenoxy) is 1. The van der Waals surface area contributed by atoms with Gasteiger partial charge in [-0.25, -0.2) is 4.79 Å². The van der Waals surface area contributed by atoms with Gasteiger partial charge < -0.3 is 9.84 Å². The van der Waals surface area contributed by atoms with Gasteiger partial charge in [-0.15, -0.1) is 0 Å². The topological polar surface area (TPSA) is 58.9 Å². The number of hydrogen-bond donors (Lipinski definition) is 1. The molecule has 0 fully saturated rings. The second-order valence-corrected chi connectivity index (χ2v) is 4.77. The zero-order valence-corrected chi connectivity index (χ0v) is 12.0. The molecule has 0 spiro atoms. The third-order valence-electron chi connectivity index (χ3n) is 2.97. The van der Waals surface area contributed by atoms with E-state index in [9.17, 15) is 4.79 Å². The molecule has 21 heavy (non-hydrogen) atoms. The van der Waals surface area contributed by atoms with Crippen LogP contribution in [-0.2, 0) is 4.79 Å². The van der Waals surface area contributed by atoms with Crippen molar-refractivity contribution in [2.45, 2.75) is 13.8 Å². The standard InChI is InChI=1S/C17H17NO3/c1-12-7-8-15(13(2)9-12)18-10-14-5-3-4-6-16(14)21-11-17(19)20/h3-10H,11H2,1-2H3,(H,19,20). The summed E-state index contributed by atoms with van der Waals surface area (Å²) in [7, 11) is 0. The Morgan fingerprint density at radius 1 is 1.24 bits per heavy atom. The molecule has 0 aromatic heterocycles. The lowest BCUT2D eigenvalue weighted by atomic mass is 10.1. The fourth-order valence-corrected chi connectivity index (χ4v) is 1.95. The van der Waals surface area contributed by atoms with Gasteiger partial charge in [0.25, 0.3) is 0 Å². The Morgan fingerprint density at radius 2 is 2.00 bits per heavy atom. The van der Waals surface area contributed by atoms with Crippen molar-refractivity contribution in [1.29, 1.82) is 0 Å². The number of benzene rings is 2. The number of carbonyl (C=O) groups is 1. The van der Waals surface area contributed by atoms with E-state index >= 15 is 0 Å². The van der Waals surface area contributed by atoms with E-state index in [4.69, 9.17) is 9.84 Å². The highest BCUT2D eigenvalue weighted by Gasteiger charge is 2.04. The summed E-state index contributed by atoms with van der Waals surface area (Å²) in [6.07, 6.45) is 1.69. The van der Waals surface area contributed by atoms with Gasteiger partial charge >= 0.3 is 5.97 Å². The van der Waals surface area contributed by atoms with Crippen LogP contribution in [0.4, 0.5) is 5.69 Å². The normalized spacial score (nSPS) is 10.8. The highest BCUT2D eigenvalue weighted by atomic mass is 16.5. The Balaban J connectivity index is 2.22. The fraction of sp³-hybridized carbons (Fsp3) is 0.176. The van der Waals surface area contributed by atoms with E-state index in [1.54, 1.807) is 18.3 Å². The van der Waals surface area contributed by atoms with Crippen molar-refractivity contribution in [3.8, 4) is 5.75 Å². The van der Waals surface area contributed by atoms with Crippen molar-refractivity contribution in [3.63, 3.8) is 0 Å². The molecule has 0 aliphatic rings. The van der Waals surface area contributed by atoms with Gasteiger partial charge in [-0.3, -0.25) is 4.99 Å². The van der Waals surface area contributed by atoms with Crippen molar-refractivity contribution in [2.24, 2.45) is 4.99 Å². The van der Waals surface area contributed by atoms with Crippen LogP contribution in [0, 0.1) is 13.8 Å². The summed E-state index contributed by atoms with van der Waals surface area (Å²) in [5.74, 6) is -0.496. The predicted molar refractivity (Wildman–Crippen MR) is 82.7 cm³/mol. The molecule has 2 aromatic carbocycles. The Kier molecular flexibility index (Phi) is 4.72. The minimum atomic E-state index is -1.00. The highest BCUT2D eigenvalue weighted by Crippen LogP contribution is 2.21. The summed E-state index contributed by atoms with van der Waals surface area (Å²) in [6, 6.07) is 13.3. The lowest BCUT2D eigenvalue weighted by molar-refractivity contribution is -0.139. The first-order valence-corrected chi connectivity index (χ1v) is 6.61. The molecule has 4 nitrogen and oxygen atoms in total. The average molecular weight is 283 g/mol. The molecule has 0 amide bonds. The highest BCUT2D eigenvalue weighted by molar-refractivity contribution is 5.86. The monoisotopic (exact) mass is 283 g/mol. The van der Waals surface area contributed by atoms with Crippen LogP contribution in [-0.4, -0.2) is 23.9 Å². The number of para-hydroxylation sites is 1. The lowest BCUT2D eigenvalue weighted by Gasteiger charge is -2.06. The fourth-order valence-electron chi connectivity index (χ4n) is 1.95. The van der Waals surface area contributed by atoms with Crippen LogP contribution in [0.3, 0.4) is 0 Å². The van der Waals surface area contributed by atoms with Gasteiger partial charge in [0.15, 0.2) is 6.61 Å². The Labute approximate surface area is 123 Å². The second-order valence-electron chi connectivity index (χ2n) is 4.77. The first-order valence-electron chi connectivity index (χ1n) is 6.61. The van der Waals surface area contributed by atoms with Crippen LogP contribution in [0.1, 0.15) is 16.7 Å². The van der Waals surface area contributed by atoms with Crippen LogP contribution < -0.4 is 4.74 Å². The predicted octanol–water partition coefficient (Wildman–Crippen LogP) is 3.52. The molecule has 0 heterocycles. The Hall–Kier alpha value is -2.62. The lowest BCUT2D eigenvalue weighted by Crippen LogP contribution is -2.10. The van der Waals surface area contributed by atoms with E-state index < -0.39 is 5.97 Å². The van der Waals surface area contributed by atoms with Gasteiger partial charge in [-0.05, 0) is 37.6 Å². The van der Waals surface area contributed by atoms with Gasteiger partial charge in [-0.1, -0.05) is 29.8 Å². The molecule has 0 saturated heterocycles. The number of nitrogens with zero attached hydrogens (tertiary/aromatic N) is 1. The number of carboxylic acid groups (broad SMARTS) is 1. The van der Waals surface area contributed by atoms with E-state index in [2.05, 4.69) is 11.1 Å². The van der Waals surface area contributed by atoms with Crippen molar-refractivity contribution in [1.82, 2.24) is 0 Å². The third kappa shape index (κ3) is 4.18. The first-order chi connectivity index (χ1) is 10.1. The van der Waals surface area contributed by atoms with Gasteiger partial charge in [-0.2, -0.15) is 0 Å². The molecule has 0 unspecified atom stereocenters. The molecule has 0 aliphatic carbocycles. The van der Waals surface area contributed by atoms with Crippen molar-refractivity contribution < 1.29 is 14.6 Å². The largest absolute Gasteiger partial charge is 0.481 e. The maximum absolute atomic E-state index is 10.6. The zero-order chi connectivity index (χ0) is 15.2. The summed E-state index contributed by atoms with van der Waals surface area (Å²) in [4.78, 5) is 15.0. The Morgan fingerprint density at radius 3 is 2.71 bits per heavy atom. The quantitative estimate of drug-likeness (QED) is 0.854. The van der Waals surface area contributed by atoms with E-state index in [0.717, 1.165) is 16.8 Å². The van der Waals surface area contributed by atoms with Gasteiger partial charge in [0.1, 0.15) is 5.75 Å². The van der Waals surface area contributed by atoms with Crippen LogP contribution in [0.2, 0.25) is 0 Å². The summed E-state index contributed by atoms with van der Waals surface area (Å²) in [5.41, 5.74) is 3.92. The number of aliphatic imine (C=N–C) groups is 1.